The number of piperazine rings is 1. The zero-order valence-corrected chi connectivity index (χ0v) is 16.7. The topological polar surface area (TPSA) is 44.8 Å². The van der Waals surface area contributed by atoms with E-state index in [1.165, 1.54) is 5.56 Å². The van der Waals surface area contributed by atoms with Crippen molar-refractivity contribution in [2.24, 2.45) is 0 Å². The molecule has 0 atom stereocenters. The molecule has 5 nitrogen and oxygen atoms in total. The van der Waals surface area contributed by atoms with Crippen LogP contribution >= 0.6 is 0 Å². The smallest absolute Gasteiger partial charge is 0.321 e. The van der Waals surface area contributed by atoms with E-state index in [2.05, 4.69) is 34.5 Å². The largest absolute Gasteiger partial charge is 0.491 e. The summed E-state index contributed by atoms with van der Waals surface area (Å²) in [7, 11) is 0. The van der Waals surface area contributed by atoms with Crippen LogP contribution in [0.2, 0.25) is 0 Å². The molecule has 148 valence electrons. The van der Waals surface area contributed by atoms with Crippen molar-refractivity contribution in [3.8, 4) is 5.75 Å². The number of nitrogens with zero attached hydrogens (tertiary/aromatic N) is 2. The number of carbonyl (C=O) groups excluding carboxylic acids is 1. The number of rotatable bonds is 6. The van der Waals surface area contributed by atoms with Gasteiger partial charge in [0.15, 0.2) is 0 Å². The molecule has 0 spiro atoms. The molecular formula is C23H29N3O2. The summed E-state index contributed by atoms with van der Waals surface area (Å²) >= 11 is 0. The molecule has 0 bridgehead atoms. The van der Waals surface area contributed by atoms with Gasteiger partial charge in [-0.15, -0.1) is 0 Å². The number of nitrogens with one attached hydrogen (secondary N) is 1. The summed E-state index contributed by atoms with van der Waals surface area (Å²) in [6.45, 7) is 8.13. The zero-order chi connectivity index (χ0) is 19.8. The van der Waals surface area contributed by atoms with Gasteiger partial charge in [0.1, 0.15) is 5.75 Å². The van der Waals surface area contributed by atoms with Gasteiger partial charge in [-0.2, -0.15) is 0 Å². The molecule has 0 aliphatic carbocycles. The number of hydrogen-bond donors (Lipinski definition) is 1. The lowest BCUT2D eigenvalue weighted by Crippen LogP contribution is -2.49. The molecule has 1 aliphatic rings. The van der Waals surface area contributed by atoms with Crippen LogP contribution in [0.3, 0.4) is 0 Å². The number of ether oxygens (including phenoxy) is 1. The summed E-state index contributed by atoms with van der Waals surface area (Å²) in [6, 6.07) is 17.8. The van der Waals surface area contributed by atoms with Gasteiger partial charge in [0.05, 0.1) is 6.10 Å². The molecule has 1 aliphatic heterocycles. The van der Waals surface area contributed by atoms with Crippen molar-refractivity contribution >= 4 is 17.8 Å². The van der Waals surface area contributed by atoms with E-state index in [9.17, 15) is 4.79 Å². The van der Waals surface area contributed by atoms with Gasteiger partial charge in [-0.25, -0.2) is 4.79 Å². The van der Waals surface area contributed by atoms with Crippen LogP contribution in [-0.4, -0.2) is 54.7 Å². The molecule has 0 saturated carbocycles. The Kier molecular flexibility index (Phi) is 7.09. The summed E-state index contributed by atoms with van der Waals surface area (Å²) in [6.07, 6.45) is 4.47. The van der Waals surface area contributed by atoms with Crippen LogP contribution in [0.1, 0.15) is 19.4 Å². The van der Waals surface area contributed by atoms with Crippen molar-refractivity contribution in [2.75, 3.05) is 38.0 Å². The highest BCUT2D eigenvalue weighted by atomic mass is 16.5. The minimum absolute atomic E-state index is 0.0444. The normalized spacial score (nSPS) is 15.2. The number of carbonyl (C=O) groups is 1. The van der Waals surface area contributed by atoms with Crippen molar-refractivity contribution in [3.63, 3.8) is 0 Å². The number of anilines is 1. The van der Waals surface area contributed by atoms with E-state index in [1.54, 1.807) is 0 Å². The van der Waals surface area contributed by atoms with E-state index >= 15 is 0 Å². The molecule has 1 N–H and O–H groups in total. The molecule has 1 heterocycles. The Morgan fingerprint density at radius 3 is 2.36 bits per heavy atom. The molecule has 0 radical (unpaired) electrons. The van der Waals surface area contributed by atoms with Gasteiger partial charge in [-0.1, -0.05) is 42.5 Å². The maximum absolute atomic E-state index is 12.5. The van der Waals surface area contributed by atoms with E-state index in [1.807, 2.05) is 61.2 Å². The van der Waals surface area contributed by atoms with Crippen molar-refractivity contribution < 1.29 is 9.53 Å². The quantitative estimate of drug-likeness (QED) is 0.812. The molecule has 0 unspecified atom stereocenters. The second-order valence-corrected chi connectivity index (χ2v) is 7.22. The molecular weight excluding hydrogens is 350 g/mol. The predicted octanol–water partition coefficient (Wildman–Crippen LogP) is 4.34. The Bertz CT molecular complexity index is 764. The maximum Gasteiger partial charge on any atom is 0.321 e. The van der Waals surface area contributed by atoms with Gasteiger partial charge in [-0.3, -0.25) is 4.90 Å². The van der Waals surface area contributed by atoms with Crippen LogP contribution in [0.15, 0.2) is 60.7 Å². The van der Waals surface area contributed by atoms with E-state index in [-0.39, 0.29) is 12.1 Å². The number of benzene rings is 2. The van der Waals surface area contributed by atoms with Gasteiger partial charge in [0.2, 0.25) is 0 Å². The Balaban J connectivity index is 1.41. The standard InChI is InChI=1S/C23H29N3O2/c1-19(2)28-22-12-10-21(11-13-22)24-23(27)26-17-15-25(16-18-26)14-6-9-20-7-4-3-5-8-20/h3-13,19H,14-18H2,1-2H3,(H,24,27)/b9-6+. The Morgan fingerprint density at radius 2 is 1.71 bits per heavy atom. The van der Waals surface area contributed by atoms with Crippen LogP contribution in [0.4, 0.5) is 10.5 Å². The molecule has 0 aromatic heterocycles. The third kappa shape index (κ3) is 6.13. The van der Waals surface area contributed by atoms with Gasteiger partial charge >= 0.3 is 6.03 Å². The highest BCUT2D eigenvalue weighted by Gasteiger charge is 2.20. The van der Waals surface area contributed by atoms with Crippen molar-refractivity contribution in [2.45, 2.75) is 20.0 Å². The average Bonchev–Trinajstić information content (AvgIpc) is 2.70. The molecule has 2 aromatic carbocycles. The summed E-state index contributed by atoms with van der Waals surface area (Å²) in [5, 5.41) is 2.97. The highest BCUT2D eigenvalue weighted by Crippen LogP contribution is 2.17. The summed E-state index contributed by atoms with van der Waals surface area (Å²) < 4.78 is 5.63. The molecule has 1 fully saturated rings. The molecule has 1 saturated heterocycles. The first-order chi connectivity index (χ1) is 13.6. The molecule has 5 heteroatoms. The fourth-order valence-electron chi connectivity index (χ4n) is 3.13. The second kappa shape index (κ2) is 9.95. The minimum atomic E-state index is -0.0444. The Hall–Kier alpha value is -2.79. The van der Waals surface area contributed by atoms with Gasteiger partial charge < -0.3 is 15.0 Å². The summed E-state index contributed by atoms with van der Waals surface area (Å²) in [5.74, 6) is 0.810. The second-order valence-electron chi connectivity index (χ2n) is 7.22. The third-order valence-electron chi connectivity index (χ3n) is 4.61. The zero-order valence-electron chi connectivity index (χ0n) is 16.7. The fraction of sp³-hybridized carbons (Fsp3) is 0.348. The van der Waals surface area contributed by atoms with Gasteiger partial charge in [0.25, 0.3) is 0 Å². The van der Waals surface area contributed by atoms with E-state index < -0.39 is 0 Å². The van der Waals surface area contributed by atoms with Crippen LogP contribution in [-0.2, 0) is 0 Å². The van der Waals surface area contributed by atoms with E-state index in [4.69, 9.17) is 4.74 Å². The van der Waals surface area contributed by atoms with E-state index in [0.717, 1.165) is 44.2 Å². The summed E-state index contributed by atoms with van der Waals surface area (Å²) in [5.41, 5.74) is 2.00. The lowest BCUT2D eigenvalue weighted by Gasteiger charge is -2.34. The lowest BCUT2D eigenvalue weighted by atomic mass is 10.2. The van der Waals surface area contributed by atoms with Gasteiger partial charge in [-0.05, 0) is 43.7 Å². The highest BCUT2D eigenvalue weighted by molar-refractivity contribution is 5.89. The Labute approximate surface area is 167 Å². The monoisotopic (exact) mass is 379 g/mol. The molecule has 2 amide bonds. The number of urea groups is 1. The van der Waals surface area contributed by atoms with Crippen LogP contribution < -0.4 is 10.1 Å². The van der Waals surface area contributed by atoms with Crippen LogP contribution in [0.5, 0.6) is 5.75 Å². The third-order valence-corrected chi connectivity index (χ3v) is 4.61. The first kappa shape index (κ1) is 20.0. The molecule has 28 heavy (non-hydrogen) atoms. The minimum Gasteiger partial charge on any atom is -0.491 e. The van der Waals surface area contributed by atoms with Crippen LogP contribution in [0.25, 0.3) is 6.08 Å². The van der Waals surface area contributed by atoms with Crippen molar-refractivity contribution in [1.82, 2.24) is 9.80 Å². The van der Waals surface area contributed by atoms with Crippen LogP contribution in [0, 0.1) is 0 Å². The molecule has 2 aromatic rings. The average molecular weight is 380 g/mol. The van der Waals surface area contributed by atoms with Crippen molar-refractivity contribution in [3.05, 3.63) is 66.2 Å². The van der Waals surface area contributed by atoms with E-state index in [0.29, 0.717) is 0 Å². The molecule has 3 rings (SSSR count). The maximum atomic E-state index is 12.5. The number of hydrogen-bond acceptors (Lipinski definition) is 3. The van der Waals surface area contributed by atoms with Crippen molar-refractivity contribution in [1.29, 1.82) is 0 Å². The predicted molar refractivity (Wildman–Crippen MR) is 115 cm³/mol. The SMILES string of the molecule is CC(C)Oc1ccc(NC(=O)N2CCN(C/C=C/c3ccccc3)CC2)cc1. The number of amides is 2. The Morgan fingerprint density at radius 1 is 1.04 bits per heavy atom. The first-order valence-corrected chi connectivity index (χ1v) is 9.87. The first-order valence-electron chi connectivity index (χ1n) is 9.87. The van der Waals surface area contributed by atoms with Gasteiger partial charge in [0, 0.05) is 38.4 Å². The lowest BCUT2D eigenvalue weighted by molar-refractivity contribution is 0.156. The summed E-state index contributed by atoms with van der Waals surface area (Å²) in [4.78, 5) is 16.7. The fourth-order valence-corrected chi connectivity index (χ4v) is 3.13.